The number of rotatable bonds is 6. The maximum atomic E-state index is 13.6. The molecule has 0 radical (unpaired) electrons. The molecule has 1 amide bonds. The van der Waals surface area contributed by atoms with Gasteiger partial charge in [-0.15, -0.1) is 11.3 Å². The summed E-state index contributed by atoms with van der Waals surface area (Å²) in [7, 11) is 0. The van der Waals surface area contributed by atoms with Crippen LogP contribution >= 0.6 is 11.3 Å². The van der Waals surface area contributed by atoms with E-state index < -0.39 is 5.41 Å². The fraction of sp³-hybridized carbons (Fsp3) is 0.348. The predicted octanol–water partition coefficient (Wildman–Crippen LogP) is 5.10. The third kappa shape index (κ3) is 3.20. The fourth-order valence-electron chi connectivity index (χ4n) is 4.62. The number of ether oxygens (including phenoxy) is 1. The summed E-state index contributed by atoms with van der Waals surface area (Å²) in [4.78, 5) is 16.5. The summed E-state index contributed by atoms with van der Waals surface area (Å²) >= 11 is 1.60. The SMILES string of the molecule is N#CCCC1(CCC#N)C2=C(CCO2)C(=O)N(c2ccccc2)C1c1cccs1. The molecule has 0 bridgehead atoms. The van der Waals surface area contributed by atoms with Crippen LogP contribution in [0.4, 0.5) is 5.69 Å². The van der Waals surface area contributed by atoms with Gasteiger partial charge in [-0.2, -0.15) is 10.5 Å². The Bertz CT molecular complexity index is 981. The van der Waals surface area contributed by atoms with E-state index in [2.05, 4.69) is 12.1 Å². The molecule has 146 valence electrons. The molecule has 29 heavy (non-hydrogen) atoms. The van der Waals surface area contributed by atoms with Crippen molar-refractivity contribution in [1.29, 1.82) is 10.5 Å². The van der Waals surface area contributed by atoms with Crippen molar-refractivity contribution in [3.05, 3.63) is 64.1 Å². The van der Waals surface area contributed by atoms with Gasteiger partial charge in [-0.25, -0.2) is 0 Å². The van der Waals surface area contributed by atoms with Gasteiger partial charge in [0.1, 0.15) is 5.76 Å². The number of anilines is 1. The van der Waals surface area contributed by atoms with Gasteiger partial charge in [0.15, 0.2) is 0 Å². The lowest BCUT2D eigenvalue weighted by Crippen LogP contribution is -2.50. The second-order valence-electron chi connectivity index (χ2n) is 7.31. The van der Waals surface area contributed by atoms with Gasteiger partial charge in [0.2, 0.25) is 0 Å². The first-order valence-corrected chi connectivity index (χ1v) is 10.6. The number of nitrogens with zero attached hydrogens (tertiary/aromatic N) is 3. The van der Waals surface area contributed by atoms with Crippen LogP contribution in [0.25, 0.3) is 0 Å². The summed E-state index contributed by atoms with van der Waals surface area (Å²) in [5.41, 5.74) is 0.927. The van der Waals surface area contributed by atoms with Crippen LogP contribution in [0.1, 0.15) is 43.0 Å². The van der Waals surface area contributed by atoms with Gasteiger partial charge >= 0.3 is 0 Å². The molecule has 3 heterocycles. The summed E-state index contributed by atoms with van der Waals surface area (Å²) in [5.74, 6) is 0.672. The van der Waals surface area contributed by atoms with Gasteiger partial charge in [-0.3, -0.25) is 9.69 Å². The normalized spacial score (nSPS) is 20.0. The Labute approximate surface area is 174 Å². The smallest absolute Gasteiger partial charge is 0.258 e. The Morgan fingerprint density at radius 1 is 1.10 bits per heavy atom. The number of nitriles is 2. The van der Waals surface area contributed by atoms with Gasteiger partial charge in [0.05, 0.1) is 35.8 Å². The number of hydrogen-bond donors (Lipinski definition) is 0. The summed E-state index contributed by atoms with van der Waals surface area (Å²) in [6.45, 7) is 0.469. The minimum atomic E-state index is -0.591. The highest BCUT2D eigenvalue weighted by Crippen LogP contribution is 2.58. The Morgan fingerprint density at radius 3 is 2.45 bits per heavy atom. The first kappa shape index (κ1) is 19.2. The Balaban J connectivity index is 1.97. The Morgan fingerprint density at radius 2 is 1.83 bits per heavy atom. The zero-order valence-electron chi connectivity index (χ0n) is 16.0. The van der Waals surface area contributed by atoms with Crippen molar-refractivity contribution in [3.63, 3.8) is 0 Å². The van der Waals surface area contributed by atoms with Crippen LogP contribution in [-0.4, -0.2) is 12.5 Å². The van der Waals surface area contributed by atoms with Crippen molar-refractivity contribution in [2.45, 2.75) is 38.1 Å². The van der Waals surface area contributed by atoms with E-state index in [-0.39, 0.29) is 11.9 Å². The lowest BCUT2D eigenvalue weighted by Gasteiger charge is -2.49. The number of carbonyl (C=O) groups excluding carboxylic acids is 1. The monoisotopic (exact) mass is 403 g/mol. The van der Waals surface area contributed by atoms with Gasteiger partial charge in [0, 0.05) is 29.8 Å². The molecule has 1 aromatic heterocycles. The lowest BCUT2D eigenvalue weighted by atomic mass is 9.67. The summed E-state index contributed by atoms with van der Waals surface area (Å²) < 4.78 is 6.07. The van der Waals surface area contributed by atoms with Crippen molar-refractivity contribution < 1.29 is 9.53 Å². The highest BCUT2D eigenvalue weighted by Gasteiger charge is 2.55. The van der Waals surface area contributed by atoms with E-state index in [9.17, 15) is 15.3 Å². The Kier molecular flexibility index (Phi) is 5.38. The second kappa shape index (κ2) is 8.11. The van der Waals surface area contributed by atoms with E-state index in [1.807, 2.05) is 52.7 Å². The molecule has 0 aliphatic carbocycles. The molecule has 0 saturated carbocycles. The Hall–Kier alpha value is -3.09. The molecule has 2 aliphatic rings. The molecule has 0 N–H and O–H groups in total. The lowest BCUT2D eigenvalue weighted by molar-refractivity contribution is -0.117. The third-order valence-corrected chi connectivity index (χ3v) is 6.72. The van der Waals surface area contributed by atoms with Gasteiger partial charge in [0.25, 0.3) is 5.91 Å². The number of carbonyl (C=O) groups is 1. The number of para-hydroxylation sites is 1. The first-order chi connectivity index (χ1) is 14.2. The van der Waals surface area contributed by atoms with E-state index in [4.69, 9.17) is 4.74 Å². The minimum absolute atomic E-state index is 0.0355. The third-order valence-electron chi connectivity index (χ3n) is 5.80. The molecule has 4 rings (SSSR count). The van der Waals surface area contributed by atoms with Crippen molar-refractivity contribution in [3.8, 4) is 12.1 Å². The molecule has 0 saturated heterocycles. The molecule has 1 unspecified atom stereocenters. The summed E-state index contributed by atoms with van der Waals surface area (Å²) in [5, 5.41) is 20.8. The zero-order valence-corrected chi connectivity index (χ0v) is 16.8. The first-order valence-electron chi connectivity index (χ1n) is 9.75. The standard InChI is InChI=1S/C23H21N3O2S/c24-13-5-11-23(12-6-14-25)20(19-9-4-16-29-19)26(17-7-2-1-3-8-17)22(27)18-10-15-28-21(18)23/h1-4,7-9,16,20H,5-6,10-12,15H2. The van der Waals surface area contributed by atoms with E-state index in [1.54, 1.807) is 11.3 Å². The molecular weight excluding hydrogens is 382 g/mol. The summed E-state index contributed by atoms with van der Waals surface area (Å²) in [6.07, 6.45) is 2.33. The highest BCUT2D eigenvalue weighted by molar-refractivity contribution is 7.10. The van der Waals surface area contributed by atoms with E-state index >= 15 is 0 Å². The quantitative estimate of drug-likeness (QED) is 0.672. The second-order valence-corrected chi connectivity index (χ2v) is 8.29. The largest absolute Gasteiger partial charge is 0.496 e. The van der Waals surface area contributed by atoms with Crippen molar-refractivity contribution in [1.82, 2.24) is 0 Å². The molecule has 5 nitrogen and oxygen atoms in total. The van der Waals surface area contributed by atoms with Crippen molar-refractivity contribution >= 4 is 22.9 Å². The van der Waals surface area contributed by atoms with Gasteiger partial charge < -0.3 is 4.74 Å². The van der Waals surface area contributed by atoms with Crippen LogP contribution in [0.15, 0.2) is 59.2 Å². The number of benzene rings is 1. The molecule has 0 spiro atoms. The van der Waals surface area contributed by atoms with Gasteiger partial charge in [-0.1, -0.05) is 24.3 Å². The van der Waals surface area contributed by atoms with Crippen LogP contribution in [0.5, 0.6) is 0 Å². The maximum absolute atomic E-state index is 13.6. The van der Waals surface area contributed by atoms with Crippen LogP contribution in [0.3, 0.4) is 0 Å². The average molecular weight is 404 g/mol. The molecule has 0 fully saturated rings. The predicted molar refractivity (Wildman–Crippen MR) is 111 cm³/mol. The zero-order chi connectivity index (χ0) is 20.3. The fourth-order valence-corrected chi connectivity index (χ4v) is 5.55. The minimum Gasteiger partial charge on any atom is -0.496 e. The van der Waals surface area contributed by atoms with E-state index in [1.165, 1.54) is 0 Å². The number of hydrogen-bond acceptors (Lipinski definition) is 5. The van der Waals surface area contributed by atoms with Crippen molar-refractivity contribution in [2.24, 2.45) is 5.41 Å². The van der Waals surface area contributed by atoms with Crippen LogP contribution in [-0.2, 0) is 9.53 Å². The molecule has 2 aliphatic heterocycles. The molecule has 1 aromatic carbocycles. The highest BCUT2D eigenvalue weighted by atomic mass is 32.1. The molecule has 6 heteroatoms. The maximum Gasteiger partial charge on any atom is 0.258 e. The summed E-state index contributed by atoms with van der Waals surface area (Å²) in [6, 6.07) is 17.9. The van der Waals surface area contributed by atoms with Crippen LogP contribution in [0, 0.1) is 28.1 Å². The van der Waals surface area contributed by atoms with E-state index in [0.29, 0.717) is 50.0 Å². The van der Waals surface area contributed by atoms with Crippen LogP contribution < -0.4 is 4.90 Å². The number of amides is 1. The van der Waals surface area contributed by atoms with E-state index in [0.717, 1.165) is 10.6 Å². The van der Waals surface area contributed by atoms with Gasteiger partial charge in [-0.05, 0) is 36.4 Å². The number of thiophene rings is 1. The van der Waals surface area contributed by atoms with Crippen LogP contribution in [0.2, 0.25) is 0 Å². The molecule has 1 atom stereocenters. The topological polar surface area (TPSA) is 77.1 Å². The van der Waals surface area contributed by atoms with Crippen molar-refractivity contribution in [2.75, 3.05) is 11.5 Å². The average Bonchev–Trinajstić information content (AvgIpc) is 3.45. The molecular formula is C23H21N3O2S. The molecule has 2 aromatic rings.